The second-order valence-electron chi connectivity index (χ2n) is 8.54. The molecule has 3 heterocycles. The Balaban J connectivity index is 1.37. The zero-order chi connectivity index (χ0) is 25.3. The van der Waals surface area contributed by atoms with Crippen LogP contribution < -0.4 is 20.7 Å². The number of nitrogens with zero attached hydrogens (tertiary/aromatic N) is 4. The molecule has 0 aliphatic carbocycles. The predicted molar refractivity (Wildman–Crippen MR) is 130 cm³/mol. The number of aromatic nitrogens is 2. The topological polar surface area (TPSA) is 127 Å². The zero-order valence-electron chi connectivity index (χ0n) is 20.6. The fraction of sp³-hybridized carbons (Fsp3) is 0.500. The van der Waals surface area contributed by atoms with Crippen LogP contribution in [-0.4, -0.2) is 92.5 Å². The van der Waals surface area contributed by atoms with Crippen LogP contribution in [0.3, 0.4) is 0 Å². The number of benzene rings is 1. The van der Waals surface area contributed by atoms with Crippen molar-refractivity contribution in [2.24, 2.45) is 0 Å². The summed E-state index contributed by atoms with van der Waals surface area (Å²) >= 11 is 0. The average Bonchev–Trinajstić information content (AvgIpc) is 2.91. The van der Waals surface area contributed by atoms with Crippen LogP contribution in [0.15, 0.2) is 24.3 Å². The minimum atomic E-state index is -0.787. The third kappa shape index (κ3) is 7.10. The van der Waals surface area contributed by atoms with E-state index in [1.165, 1.54) is 6.07 Å². The number of amides is 1. The van der Waals surface area contributed by atoms with Gasteiger partial charge in [0.2, 0.25) is 0 Å². The van der Waals surface area contributed by atoms with Crippen LogP contribution in [0.4, 0.5) is 5.82 Å². The smallest absolute Gasteiger partial charge is 0.377 e. The Bertz CT molecular complexity index is 1060. The molecule has 2 saturated heterocycles. The van der Waals surface area contributed by atoms with Gasteiger partial charge >= 0.3 is 12.0 Å². The molecule has 2 fully saturated rings. The molecule has 194 valence electrons. The highest BCUT2D eigenvalue weighted by molar-refractivity contribution is 5.94. The monoisotopic (exact) mass is 500 g/mol. The maximum atomic E-state index is 12.7. The molecule has 0 bridgehead atoms. The lowest BCUT2D eigenvalue weighted by molar-refractivity contribution is 0.0128. The number of rotatable bonds is 9. The van der Waals surface area contributed by atoms with Crippen molar-refractivity contribution >= 4 is 17.7 Å². The predicted octanol–water partition coefficient (Wildman–Crippen LogP) is 0.647. The normalized spacial score (nSPS) is 16.4. The first-order valence-corrected chi connectivity index (χ1v) is 12.0. The van der Waals surface area contributed by atoms with Crippen LogP contribution in [0.25, 0.3) is 0 Å². The summed E-state index contributed by atoms with van der Waals surface area (Å²) in [5.41, 5.74) is 7.08. The molecule has 2 aromatic rings. The molecule has 12 nitrogen and oxygen atoms in total. The van der Waals surface area contributed by atoms with Gasteiger partial charge in [-0.25, -0.2) is 4.79 Å². The van der Waals surface area contributed by atoms with Gasteiger partial charge in [0.05, 0.1) is 26.4 Å². The molecule has 36 heavy (non-hydrogen) atoms. The van der Waals surface area contributed by atoms with E-state index in [9.17, 15) is 9.59 Å². The molecule has 0 atom stereocenters. The molecule has 0 spiro atoms. The number of hydrogen-bond acceptors (Lipinski definition) is 11. The van der Waals surface area contributed by atoms with Gasteiger partial charge in [-0.1, -0.05) is 11.7 Å². The van der Waals surface area contributed by atoms with E-state index < -0.39 is 11.9 Å². The van der Waals surface area contributed by atoms with E-state index >= 15 is 0 Å². The molecule has 0 unspecified atom stereocenters. The Morgan fingerprint density at radius 2 is 1.69 bits per heavy atom. The summed E-state index contributed by atoms with van der Waals surface area (Å²) in [6.45, 7) is 10.4. The van der Waals surface area contributed by atoms with Crippen LogP contribution in [0.2, 0.25) is 0 Å². The Morgan fingerprint density at radius 3 is 2.42 bits per heavy atom. The second-order valence-corrected chi connectivity index (χ2v) is 8.54. The van der Waals surface area contributed by atoms with Crippen molar-refractivity contribution in [2.75, 3.05) is 70.7 Å². The number of nitrogens with one attached hydrogen (secondary N) is 2. The summed E-state index contributed by atoms with van der Waals surface area (Å²) in [6, 6.07) is 6.92. The molecule has 4 rings (SSSR count). The van der Waals surface area contributed by atoms with E-state index in [-0.39, 0.29) is 11.7 Å². The lowest BCUT2D eigenvalue weighted by Crippen LogP contribution is -2.39. The fourth-order valence-corrected chi connectivity index (χ4v) is 3.75. The SMILES string of the molecule is Cc1ccc(C(=O)NNOC(=O)c2cc(N3CCOCC3)nc(OCCN3CCOCC3)n2)cc1C. The Morgan fingerprint density at radius 1 is 0.972 bits per heavy atom. The molecule has 0 saturated carbocycles. The van der Waals surface area contributed by atoms with Gasteiger partial charge in [-0.05, 0) is 37.1 Å². The molecule has 2 aliphatic heterocycles. The second kappa shape index (κ2) is 12.6. The molecule has 2 aliphatic rings. The Hall–Kier alpha value is -3.32. The van der Waals surface area contributed by atoms with Gasteiger partial charge in [-0.2, -0.15) is 9.97 Å². The van der Waals surface area contributed by atoms with Gasteiger partial charge in [-0.15, -0.1) is 0 Å². The summed E-state index contributed by atoms with van der Waals surface area (Å²) in [6.07, 6.45) is 0. The molecule has 1 amide bonds. The number of morpholine rings is 2. The maximum absolute atomic E-state index is 12.7. The summed E-state index contributed by atoms with van der Waals surface area (Å²) in [5, 5.41) is 0. The third-order valence-corrected chi connectivity index (χ3v) is 6.06. The number of carbonyl (C=O) groups is 2. The molecule has 1 aromatic carbocycles. The van der Waals surface area contributed by atoms with Gasteiger partial charge in [-0.3, -0.25) is 15.1 Å². The number of ether oxygens (including phenoxy) is 3. The summed E-state index contributed by atoms with van der Waals surface area (Å²) in [4.78, 5) is 43.0. The molecule has 0 radical (unpaired) electrons. The van der Waals surface area contributed by atoms with Crippen LogP contribution in [-0.2, 0) is 14.3 Å². The van der Waals surface area contributed by atoms with Crippen molar-refractivity contribution in [1.82, 2.24) is 25.9 Å². The van der Waals surface area contributed by atoms with Gasteiger partial charge in [0.15, 0.2) is 5.69 Å². The number of anilines is 1. The van der Waals surface area contributed by atoms with Crippen molar-refractivity contribution in [3.05, 3.63) is 46.6 Å². The van der Waals surface area contributed by atoms with E-state index in [1.54, 1.807) is 12.1 Å². The number of carbonyl (C=O) groups excluding carboxylic acids is 2. The molecule has 12 heteroatoms. The van der Waals surface area contributed by atoms with Crippen molar-refractivity contribution in [2.45, 2.75) is 13.8 Å². The lowest BCUT2D eigenvalue weighted by Gasteiger charge is -2.28. The van der Waals surface area contributed by atoms with Crippen molar-refractivity contribution in [3.8, 4) is 6.01 Å². The molecular formula is C24H32N6O6. The van der Waals surface area contributed by atoms with E-state index in [1.807, 2.05) is 24.8 Å². The minimum absolute atomic E-state index is 0.000735. The summed E-state index contributed by atoms with van der Waals surface area (Å²) in [7, 11) is 0. The number of hydrazine groups is 1. The van der Waals surface area contributed by atoms with Gasteiger partial charge in [0, 0.05) is 44.4 Å². The van der Waals surface area contributed by atoms with Crippen molar-refractivity contribution in [3.63, 3.8) is 0 Å². The number of aryl methyl sites for hydroxylation is 2. The quantitative estimate of drug-likeness (QED) is 0.471. The van der Waals surface area contributed by atoms with E-state index in [4.69, 9.17) is 19.0 Å². The van der Waals surface area contributed by atoms with Crippen LogP contribution >= 0.6 is 0 Å². The third-order valence-electron chi connectivity index (χ3n) is 6.06. The maximum Gasteiger partial charge on any atom is 0.377 e. The van der Waals surface area contributed by atoms with Crippen LogP contribution in [0.5, 0.6) is 6.01 Å². The Kier molecular flexibility index (Phi) is 9.01. The van der Waals surface area contributed by atoms with Gasteiger partial charge < -0.3 is 23.9 Å². The lowest BCUT2D eigenvalue weighted by atomic mass is 10.1. The first-order valence-electron chi connectivity index (χ1n) is 12.0. The standard InChI is InChI=1S/C24H32N6O6/c1-17-3-4-19(15-18(17)2)22(31)27-28-36-23(32)20-16-21(30-8-12-34-13-9-30)26-24(25-20)35-14-7-29-5-10-33-11-6-29/h3-4,15-16,28H,5-14H2,1-2H3,(H,27,31). The highest BCUT2D eigenvalue weighted by Gasteiger charge is 2.20. The zero-order valence-corrected chi connectivity index (χ0v) is 20.6. The number of hydrogen-bond donors (Lipinski definition) is 2. The summed E-state index contributed by atoms with van der Waals surface area (Å²) < 4.78 is 16.6. The summed E-state index contributed by atoms with van der Waals surface area (Å²) in [5.74, 6) is -0.680. The molecular weight excluding hydrogens is 468 g/mol. The first kappa shape index (κ1) is 25.8. The molecule has 1 aromatic heterocycles. The van der Waals surface area contributed by atoms with Gasteiger partial charge in [0.25, 0.3) is 5.91 Å². The van der Waals surface area contributed by atoms with E-state index in [2.05, 4.69) is 25.9 Å². The fourth-order valence-electron chi connectivity index (χ4n) is 3.75. The van der Waals surface area contributed by atoms with Crippen molar-refractivity contribution in [1.29, 1.82) is 0 Å². The largest absolute Gasteiger partial charge is 0.462 e. The first-order chi connectivity index (χ1) is 17.5. The average molecular weight is 501 g/mol. The highest BCUT2D eigenvalue weighted by Crippen LogP contribution is 2.18. The van der Waals surface area contributed by atoms with Crippen molar-refractivity contribution < 1.29 is 28.6 Å². The minimum Gasteiger partial charge on any atom is -0.462 e. The van der Waals surface area contributed by atoms with E-state index in [0.29, 0.717) is 64.0 Å². The molecule has 2 N–H and O–H groups in total. The van der Waals surface area contributed by atoms with Crippen LogP contribution in [0.1, 0.15) is 32.0 Å². The van der Waals surface area contributed by atoms with Crippen LogP contribution in [0, 0.1) is 13.8 Å². The Labute approximate surface area is 209 Å². The van der Waals surface area contributed by atoms with E-state index in [0.717, 1.165) is 24.2 Å². The van der Waals surface area contributed by atoms with Gasteiger partial charge in [0.1, 0.15) is 12.4 Å². The highest BCUT2D eigenvalue weighted by atomic mass is 16.7.